The highest BCUT2D eigenvalue weighted by Crippen LogP contribution is 2.30. The smallest absolute Gasteiger partial charge is 0.241 e. The molecule has 6 aromatic rings. The Labute approximate surface area is 477 Å². The summed E-state index contributed by atoms with van der Waals surface area (Å²) in [6.45, 7) is 5.62. The number of para-hydroxylation sites is 2. The van der Waals surface area contributed by atoms with Gasteiger partial charge in [-0.2, -0.15) is 29.9 Å². The van der Waals surface area contributed by atoms with Gasteiger partial charge in [-0.25, -0.2) is 26.3 Å². The normalized spacial score (nSPS) is 14.2. The number of anilines is 10. The first kappa shape index (κ1) is 61.0. The predicted octanol–water partition coefficient (Wildman–Crippen LogP) is 2.78. The number of aliphatic hydroxyl groups is 4. The minimum Gasteiger partial charge on any atom is -0.395 e. The maximum absolute atomic E-state index is 14.5. The Kier molecular flexibility index (Phi) is 22.9. The van der Waals surface area contributed by atoms with Crippen LogP contribution in [0.25, 0.3) is 12.2 Å². The highest BCUT2D eigenvalue weighted by atomic mass is 32.2. The van der Waals surface area contributed by atoms with Crippen molar-refractivity contribution in [1.29, 1.82) is 0 Å². The molecule has 4 heterocycles. The molecule has 0 amide bonds. The lowest BCUT2D eigenvalue weighted by Crippen LogP contribution is -2.37. The lowest BCUT2D eigenvalue weighted by Gasteiger charge is -2.27. The van der Waals surface area contributed by atoms with E-state index >= 15 is 0 Å². The molecule has 0 spiro atoms. The largest absolute Gasteiger partial charge is 0.395 e. The molecule has 26 nitrogen and oxygen atoms in total. The van der Waals surface area contributed by atoms with Crippen molar-refractivity contribution >= 4 is 90.6 Å². The first-order valence-corrected chi connectivity index (χ1v) is 30.1. The van der Waals surface area contributed by atoms with Crippen LogP contribution in [0.15, 0.2) is 107 Å². The number of aromatic nitrogens is 6. The van der Waals surface area contributed by atoms with Crippen LogP contribution in [-0.4, -0.2) is 208 Å². The summed E-state index contributed by atoms with van der Waals surface area (Å²) in [4.78, 5) is 35.4. The van der Waals surface area contributed by atoms with E-state index in [2.05, 4.69) is 50.6 Å². The number of nitrogens with zero attached hydrogens (tertiary/aromatic N) is 10. The minimum absolute atomic E-state index is 0.0145. The Hall–Kier alpha value is -7.06. The van der Waals surface area contributed by atoms with E-state index in [1.165, 1.54) is 24.3 Å². The molecule has 2 saturated heterocycles. The quantitative estimate of drug-likeness (QED) is 0.0214. The van der Waals surface area contributed by atoms with Crippen LogP contribution < -0.4 is 40.5 Å². The van der Waals surface area contributed by atoms with E-state index < -0.39 is 20.0 Å². The number of aliphatic hydroxyl groups excluding tert-OH is 4. The number of benzene rings is 4. The van der Waals surface area contributed by atoms with Crippen LogP contribution in [0, 0.1) is 0 Å². The summed E-state index contributed by atoms with van der Waals surface area (Å²) in [7, 11) is -8.62. The van der Waals surface area contributed by atoms with E-state index in [0.29, 0.717) is 128 Å². The van der Waals surface area contributed by atoms with Gasteiger partial charge in [0.1, 0.15) is 0 Å². The van der Waals surface area contributed by atoms with E-state index in [-0.39, 0.29) is 84.2 Å². The van der Waals surface area contributed by atoms with Gasteiger partial charge in [0.25, 0.3) is 0 Å². The zero-order valence-electron chi connectivity index (χ0n) is 45.5. The van der Waals surface area contributed by atoms with Gasteiger partial charge in [0.2, 0.25) is 55.7 Å². The molecule has 2 aromatic heterocycles. The Bertz CT molecular complexity index is 2990. The Morgan fingerprint density at radius 2 is 0.793 bits per heavy atom. The third-order valence-electron chi connectivity index (χ3n) is 13.0. The van der Waals surface area contributed by atoms with E-state index in [4.69, 9.17) is 19.4 Å². The van der Waals surface area contributed by atoms with Crippen LogP contribution in [0.4, 0.5) is 58.4 Å². The van der Waals surface area contributed by atoms with E-state index in [0.717, 1.165) is 11.4 Å². The van der Waals surface area contributed by atoms with Crippen molar-refractivity contribution in [3.05, 3.63) is 108 Å². The van der Waals surface area contributed by atoms with Crippen LogP contribution in [0.2, 0.25) is 0 Å². The zero-order chi connectivity index (χ0) is 57.6. The molecule has 0 aliphatic carbocycles. The second kappa shape index (κ2) is 30.8. The maximum atomic E-state index is 14.5. The summed E-state index contributed by atoms with van der Waals surface area (Å²) >= 11 is 0. The van der Waals surface area contributed by atoms with Crippen LogP contribution in [0.3, 0.4) is 0 Å². The van der Waals surface area contributed by atoms with Crippen molar-refractivity contribution in [2.45, 2.75) is 22.6 Å². The highest BCUT2D eigenvalue weighted by Gasteiger charge is 2.24. The molecule has 440 valence electrons. The van der Waals surface area contributed by atoms with Crippen molar-refractivity contribution in [2.75, 3.05) is 162 Å². The van der Waals surface area contributed by atoms with Crippen molar-refractivity contribution in [1.82, 2.24) is 49.1 Å². The molecule has 8 rings (SSSR count). The average molecular weight is 1170 g/mol. The van der Waals surface area contributed by atoms with Crippen molar-refractivity contribution < 1.29 is 46.7 Å². The maximum Gasteiger partial charge on any atom is 0.241 e. The van der Waals surface area contributed by atoms with Gasteiger partial charge in [0.15, 0.2) is 0 Å². The summed E-state index contributed by atoms with van der Waals surface area (Å²) in [5.74, 6) is 1.52. The molecule has 0 unspecified atom stereocenters. The lowest BCUT2D eigenvalue weighted by atomic mass is 10.1. The first-order chi connectivity index (χ1) is 39.9. The molecule has 2 fully saturated rings. The molecule has 28 heteroatoms. The summed E-state index contributed by atoms with van der Waals surface area (Å²) < 4.78 is 74.7. The highest BCUT2D eigenvalue weighted by molar-refractivity contribution is 7.89. The number of sulfonamides is 2. The van der Waals surface area contributed by atoms with Gasteiger partial charge in [0.05, 0.1) is 62.6 Å². The third kappa shape index (κ3) is 18.2. The summed E-state index contributed by atoms with van der Waals surface area (Å²) in [6, 6.07) is 28.1. The molecule has 0 bridgehead atoms. The molecule has 0 atom stereocenters. The number of rotatable bonds is 32. The fourth-order valence-corrected chi connectivity index (χ4v) is 11.5. The Balaban J connectivity index is 1.14. The van der Waals surface area contributed by atoms with E-state index in [1.807, 2.05) is 80.3 Å². The SMILES string of the molecule is O=S(=O)(NCCCN(CCO)CCO)c1cc(Nc2nc(Nc3ccccc3)nc(N3CCOCC3)n2)ccc1/C=C/c1ccc(Nc2nc(Nc3ccccc3)nc(N3CCOCC3)n2)cc1S(=O)(=O)NCCCN(CCO)CCO. The number of nitrogens with one attached hydrogen (secondary N) is 6. The average Bonchev–Trinajstić information content (AvgIpc) is 3.62. The molecule has 4 aromatic carbocycles. The first-order valence-electron chi connectivity index (χ1n) is 27.1. The van der Waals surface area contributed by atoms with Crippen molar-refractivity contribution in [3.63, 3.8) is 0 Å². The van der Waals surface area contributed by atoms with Crippen LogP contribution in [-0.2, 0) is 29.5 Å². The predicted molar refractivity (Wildman–Crippen MR) is 314 cm³/mol. The monoisotopic (exact) mass is 1170 g/mol. The minimum atomic E-state index is -4.31. The van der Waals surface area contributed by atoms with Crippen LogP contribution >= 0.6 is 0 Å². The van der Waals surface area contributed by atoms with Gasteiger partial charge in [-0.1, -0.05) is 60.7 Å². The summed E-state index contributed by atoms with van der Waals surface area (Å²) in [6.07, 6.45) is 3.76. The third-order valence-corrected chi connectivity index (χ3v) is 16.0. The van der Waals surface area contributed by atoms with Gasteiger partial charge in [-0.05, 0) is 85.6 Å². The molecular formula is C54H72N16O10S2. The standard InChI is InChI=1S/C54H72N16O10S2/c71-31-23-67(24-32-72)21-7-19-55-81(75,76)47-39-45(59-51-61-49(57-43-9-3-1-4-10-43)63-53(65-51)69-27-35-79-36-28-69)17-15-41(47)13-14-42-16-18-46(40-48(42)82(77,78)56-20-8-22-68(25-33-73)26-34-74)60-52-62-50(58-44-11-5-2-6-12-44)64-54(66-52)70-29-37-80-38-30-70/h1-6,9-18,39-40,55-56,71-74H,7-8,19-38H2,(H2,57,59,61,63,65)(H2,58,60,62,64,66)/b14-13+. The van der Waals surface area contributed by atoms with Crippen molar-refractivity contribution in [2.24, 2.45) is 0 Å². The Morgan fingerprint density at radius 1 is 0.451 bits per heavy atom. The fourth-order valence-electron chi connectivity index (χ4n) is 8.88. The topological polar surface area (TPSA) is 330 Å². The van der Waals surface area contributed by atoms with Gasteiger partial charge >= 0.3 is 0 Å². The lowest BCUT2D eigenvalue weighted by molar-refractivity contribution is 0.122. The van der Waals surface area contributed by atoms with E-state index in [1.54, 1.807) is 24.3 Å². The number of hydrogen-bond acceptors (Lipinski definition) is 24. The van der Waals surface area contributed by atoms with E-state index in [9.17, 15) is 37.3 Å². The zero-order valence-corrected chi connectivity index (χ0v) is 47.1. The number of morpholine rings is 2. The number of ether oxygens (including phenoxy) is 2. The summed E-state index contributed by atoms with van der Waals surface area (Å²) in [5.41, 5.74) is 2.53. The fraction of sp³-hybridized carbons (Fsp3) is 0.407. The molecule has 2 aliphatic heterocycles. The molecule has 0 saturated carbocycles. The molecule has 10 N–H and O–H groups in total. The van der Waals surface area contributed by atoms with Crippen LogP contribution in [0.1, 0.15) is 24.0 Å². The van der Waals surface area contributed by atoms with Crippen LogP contribution in [0.5, 0.6) is 0 Å². The molecular weight excluding hydrogens is 1100 g/mol. The summed E-state index contributed by atoms with van der Waals surface area (Å²) in [5, 5.41) is 51.1. The Morgan fingerprint density at radius 3 is 1.13 bits per heavy atom. The molecule has 2 aliphatic rings. The van der Waals surface area contributed by atoms with Crippen molar-refractivity contribution in [3.8, 4) is 0 Å². The second-order valence-corrected chi connectivity index (χ2v) is 22.4. The van der Waals surface area contributed by atoms with Gasteiger partial charge in [-0.3, -0.25) is 9.80 Å². The van der Waals surface area contributed by atoms with Gasteiger partial charge in [-0.15, -0.1) is 0 Å². The van der Waals surface area contributed by atoms with Gasteiger partial charge in [0, 0.05) is 88.2 Å². The second-order valence-electron chi connectivity index (χ2n) is 18.9. The van der Waals surface area contributed by atoms with Gasteiger partial charge < -0.3 is 61.0 Å². The molecule has 0 radical (unpaired) electrons. The molecule has 82 heavy (non-hydrogen) atoms. The number of hydrogen-bond donors (Lipinski definition) is 10.